The van der Waals surface area contributed by atoms with Gasteiger partial charge in [-0.25, -0.2) is 4.68 Å². The second kappa shape index (κ2) is 5.83. The second-order valence-electron chi connectivity index (χ2n) is 8.30. The fraction of sp³-hybridized carbons (Fsp3) is 0.833. The highest BCUT2D eigenvalue weighted by Crippen LogP contribution is 2.58. The highest BCUT2D eigenvalue weighted by atomic mass is 16.2. The third-order valence-corrected chi connectivity index (χ3v) is 7.17. The van der Waals surface area contributed by atoms with Crippen LogP contribution in [0.4, 0.5) is 0 Å². The van der Waals surface area contributed by atoms with Gasteiger partial charge in [0.15, 0.2) is 5.69 Å². The number of piperidine rings is 1. The molecule has 4 aliphatic rings. The first-order valence-electron chi connectivity index (χ1n) is 9.73. The van der Waals surface area contributed by atoms with Crippen LogP contribution in [-0.4, -0.2) is 40.0 Å². The maximum Gasteiger partial charge on any atom is 0.273 e. The van der Waals surface area contributed by atoms with Crippen molar-refractivity contribution in [1.29, 1.82) is 0 Å². The van der Waals surface area contributed by atoms with E-state index in [1.165, 1.54) is 32.1 Å². The van der Waals surface area contributed by atoms with E-state index in [-0.39, 0.29) is 5.91 Å². The van der Waals surface area contributed by atoms with Gasteiger partial charge in [0.05, 0.1) is 12.2 Å². The lowest BCUT2D eigenvalue weighted by Gasteiger charge is -2.31. The average Bonchev–Trinajstić information content (AvgIpc) is 3.36. The molecule has 1 aliphatic heterocycles. The van der Waals surface area contributed by atoms with E-state index in [4.69, 9.17) is 0 Å². The van der Waals surface area contributed by atoms with Gasteiger partial charge in [-0.15, -0.1) is 5.10 Å². The zero-order chi connectivity index (χ0) is 16.1. The number of amides is 1. The van der Waals surface area contributed by atoms with Crippen molar-refractivity contribution in [2.45, 2.75) is 57.0 Å². The Balaban J connectivity index is 1.24. The van der Waals surface area contributed by atoms with Crippen LogP contribution in [0, 0.1) is 23.7 Å². The summed E-state index contributed by atoms with van der Waals surface area (Å²) < 4.78 is 1.89. The van der Waals surface area contributed by atoms with Crippen LogP contribution in [0.3, 0.4) is 0 Å². The van der Waals surface area contributed by atoms with Crippen LogP contribution in [0.2, 0.25) is 0 Å². The zero-order valence-electron chi connectivity index (χ0n) is 14.2. The fourth-order valence-corrected chi connectivity index (χ4v) is 6.11. The third kappa shape index (κ3) is 2.38. The van der Waals surface area contributed by atoms with Crippen molar-refractivity contribution >= 4 is 5.91 Å². The molecule has 2 bridgehead atoms. The first-order chi connectivity index (χ1) is 11.8. The molecule has 2 N–H and O–H groups in total. The van der Waals surface area contributed by atoms with Gasteiger partial charge >= 0.3 is 0 Å². The van der Waals surface area contributed by atoms with Gasteiger partial charge in [-0.1, -0.05) is 11.6 Å². The summed E-state index contributed by atoms with van der Waals surface area (Å²) in [6, 6.07) is 0.743. The van der Waals surface area contributed by atoms with Crippen LogP contribution < -0.4 is 10.6 Å². The van der Waals surface area contributed by atoms with Gasteiger partial charge in [-0.05, 0) is 75.3 Å². The number of carbonyl (C=O) groups excluding carboxylic acids is 1. The van der Waals surface area contributed by atoms with Gasteiger partial charge in [0, 0.05) is 6.04 Å². The van der Waals surface area contributed by atoms with Gasteiger partial charge in [-0.3, -0.25) is 4.79 Å². The van der Waals surface area contributed by atoms with Crippen LogP contribution in [0.25, 0.3) is 0 Å². The Kier molecular flexibility index (Phi) is 3.61. The highest BCUT2D eigenvalue weighted by Gasteiger charge is 2.54. The summed E-state index contributed by atoms with van der Waals surface area (Å²) in [5.74, 6) is 3.38. The van der Waals surface area contributed by atoms with E-state index in [9.17, 15) is 4.79 Å². The fourth-order valence-electron chi connectivity index (χ4n) is 6.11. The number of nitrogens with zero attached hydrogens (tertiary/aromatic N) is 3. The maximum atomic E-state index is 12.6. The molecule has 3 saturated carbocycles. The Bertz CT molecular complexity index is 623. The maximum absolute atomic E-state index is 12.6. The van der Waals surface area contributed by atoms with Crippen LogP contribution in [0.1, 0.15) is 61.5 Å². The lowest BCUT2D eigenvalue weighted by Crippen LogP contribution is -2.42. The predicted molar refractivity (Wildman–Crippen MR) is 89.5 cm³/mol. The molecule has 1 amide bonds. The van der Waals surface area contributed by atoms with Gasteiger partial charge in [-0.2, -0.15) is 0 Å². The van der Waals surface area contributed by atoms with Crippen molar-refractivity contribution in [2.75, 3.05) is 13.1 Å². The van der Waals surface area contributed by atoms with E-state index >= 15 is 0 Å². The van der Waals surface area contributed by atoms with Crippen molar-refractivity contribution in [3.8, 4) is 0 Å². The SMILES string of the molecule is O=C(NC1CC2CC1C1CCCC21)c1cn(C2CCNCC2)nn1. The molecule has 6 heteroatoms. The van der Waals surface area contributed by atoms with E-state index in [1.807, 2.05) is 10.9 Å². The summed E-state index contributed by atoms with van der Waals surface area (Å²) in [6.07, 6.45) is 10.7. The smallest absolute Gasteiger partial charge is 0.273 e. The molecule has 3 aliphatic carbocycles. The van der Waals surface area contributed by atoms with E-state index in [2.05, 4.69) is 20.9 Å². The van der Waals surface area contributed by atoms with Gasteiger partial charge in [0.2, 0.25) is 0 Å². The molecule has 0 spiro atoms. The number of carbonyl (C=O) groups is 1. The molecule has 1 aromatic heterocycles. The Morgan fingerprint density at radius 1 is 1.12 bits per heavy atom. The summed E-state index contributed by atoms with van der Waals surface area (Å²) in [5.41, 5.74) is 0.485. The van der Waals surface area contributed by atoms with Gasteiger partial charge < -0.3 is 10.6 Å². The standard InChI is InChI=1S/C18H27N5O/c24-18(17-10-23(22-21-17)12-4-6-19-7-5-12)20-16-9-11-8-15(16)14-3-1-2-13(11)14/h10-16,19H,1-9H2,(H,20,24). The molecule has 2 heterocycles. The molecule has 0 radical (unpaired) electrons. The number of hydrogen-bond acceptors (Lipinski definition) is 4. The monoisotopic (exact) mass is 329 g/mol. The minimum atomic E-state index is -0.0257. The second-order valence-corrected chi connectivity index (χ2v) is 8.30. The minimum Gasteiger partial charge on any atom is -0.348 e. The topological polar surface area (TPSA) is 71.8 Å². The molecule has 24 heavy (non-hydrogen) atoms. The van der Waals surface area contributed by atoms with E-state index in [1.54, 1.807) is 0 Å². The summed E-state index contributed by atoms with van der Waals surface area (Å²) in [6.45, 7) is 2.03. The number of nitrogens with one attached hydrogen (secondary N) is 2. The average molecular weight is 329 g/mol. The third-order valence-electron chi connectivity index (χ3n) is 7.17. The molecule has 130 valence electrons. The molecule has 5 atom stereocenters. The van der Waals surface area contributed by atoms with Crippen molar-refractivity contribution < 1.29 is 4.79 Å². The first-order valence-corrected chi connectivity index (χ1v) is 9.73. The van der Waals surface area contributed by atoms with Gasteiger partial charge in [0.1, 0.15) is 0 Å². The normalized spacial score (nSPS) is 38.4. The van der Waals surface area contributed by atoms with E-state index < -0.39 is 0 Å². The summed E-state index contributed by atoms with van der Waals surface area (Å²) in [7, 11) is 0. The zero-order valence-corrected chi connectivity index (χ0v) is 14.2. The van der Waals surface area contributed by atoms with Gasteiger partial charge in [0.25, 0.3) is 5.91 Å². The van der Waals surface area contributed by atoms with E-state index in [0.717, 1.165) is 43.7 Å². The Morgan fingerprint density at radius 3 is 2.83 bits per heavy atom. The van der Waals surface area contributed by atoms with Crippen molar-refractivity contribution in [2.24, 2.45) is 23.7 Å². The minimum absolute atomic E-state index is 0.0257. The summed E-state index contributed by atoms with van der Waals surface area (Å²) >= 11 is 0. The Labute approximate surface area is 142 Å². The van der Waals surface area contributed by atoms with Crippen molar-refractivity contribution in [1.82, 2.24) is 25.6 Å². The van der Waals surface area contributed by atoms with Crippen LogP contribution in [-0.2, 0) is 0 Å². The number of hydrogen-bond donors (Lipinski definition) is 2. The first kappa shape index (κ1) is 14.9. The van der Waals surface area contributed by atoms with Crippen molar-refractivity contribution in [3.63, 3.8) is 0 Å². The summed E-state index contributed by atoms with van der Waals surface area (Å²) in [5, 5.41) is 15.0. The van der Waals surface area contributed by atoms with E-state index in [0.29, 0.717) is 23.7 Å². The lowest BCUT2D eigenvalue weighted by molar-refractivity contribution is 0.0896. The molecule has 4 fully saturated rings. The van der Waals surface area contributed by atoms with Crippen LogP contribution in [0.5, 0.6) is 0 Å². The lowest BCUT2D eigenvalue weighted by atomic mass is 9.79. The van der Waals surface area contributed by atoms with Crippen LogP contribution in [0.15, 0.2) is 6.20 Å². The molecule has 5 rings (SSSR count). The molecule has 1 aromatic rings. The number of fused-ring (bicyclic) bond motifs is 5. The Hall–Kier alpha value is -1.43. The Morgan fingerprint density at radius 2 is 1.96 bits per heavy atom. The number of aromatic nitrogens is 3. The molecule has 5 unspecified atom stereocenters. The number of rotatable bonds is 3. The summed E-state index contributed by atoms with van der Waals surface area (Å²) in [4.78, 5) is 12.6. The highest BCUT2D eigenvalue weighted by molar-refractivity contribution is 5.92. The quantitative estimate of drug-likeness (QED) is 0.886. The molecule has 0 aromatic carbocycles. The molecule has 1 saturated heterocycles. The van der Waals surface area contributed by atoms with Crippen molar-refractivity contribution in [3.05, 3.63) is 11.9 Å². The molecular formula is C18H27N5O. The predicted octanol–water partition coefficient (Wildman–Crippen LogP) is 1.76. The molecule has 6 nitrogen and oxygen atoms in total. The largest absolute Gasteiger partial charge is 0.348 e. The van der Waals surface area contributed by atoms with Crippen LogP contribution >= 0.6 is 0 Å². The molecular weight excluding hydrogens is 302 g/mol.